The van der Waals surface area contributed by atoms with Gasteiger partial charge in [-0.2, -0.15) is 0 Å². The van der Waals surface area contributed by atoms with E-state index in [0.29, 0.717) is 0 Å². The molecule has 0 radical (unpaired) electrons. The highest BCUT2D eigenvalue weighted by Crippen LogP contribution is 1.93. The summed E-state index contributed by atoms with van der Waals surface area (Å²) in [5.74, 6) is 5.84. The van der Waals surface area contributed by atoms with E-state index in [1.807, 2.05) is 0 Å². The summed E-state index contributed by atoms with van der Waals surface area (Å²) in [5.41, 5.74) is 0. The van der Waals surface area contributed by atoms with Crippen LogP contribution >= 0.6 is 0 Å². The van der Waals surface area contributed by atoms with Gasteiger partial charge in [0.25, 0.3) is 0 Å². The lowest BCUT2D eigenvalue weighted by molar-refractivity contribution is 0.220. The normalized spacial score (nSPS) is 12.4. The second-order valence-electron chi connectivity index (χ2n) is 3.09. The fourth-order valence-electron chi connectivity index (χ4n) is 1.07. The summed E-state index contributed by atoms with van der Waals surface area (Å²) >= 11 is 0. The van der Waals surface area contributed by atoms with Gasteiger partial charge < -0.3 is 5.11 Å². The van der Waals surface area contributed by atoms with Gasteiger partial charge in [-0.25, -0.2) is 0 Å². The van der Waals surface area contributed by atoms with Gasteiger partial charge in [-0.3, -0.25) is 4.90 Å². The summed E-state index contributed by atoms with van der Waals surface area (Å²) in [6.45, 7) is 9.11. The van der Waals surface area contributed by atoms with Gasteiger partial charge in [0.15, 0.2) is 0 Å². The SMILES string of the molecule is CCC[C@@H](O)C#CCN(CC)CC. The summed E-state index contributed by atoms with van der Waals surface area (Å²) in [7, 11) is 0. The molecule has 1 atom stereocenters. The van der Waals surface area contributed by atoms with Crippen LogP contribution in [0.4, 0.5) is 0 Å². The highest BCUT2D eigenvalue weighted by molar-refractivity contribution is 5.05. The Balaban J connectivity index is 3.69. The zero-order valence-corrected chi connectivity index (χ0v) is 9.01. The van der Waals surface area contributed by atoms with Crippen molar-refractivity contribution in [2.24, 2.45) is 0 Å². The second kappa shape index (κ2) is 8.10. The van der Waals surface area contributed by atoms with Crippen molar-refractivity contribution in [3.05, 3.63) is 0 Å². The van der Waals surface area contributed by atoms with Gasteiger partial charge in [0, 0.05) is 0 Å². The predicted octanol–water partition coefficient (Wildman–Crippen LogP) is 1.49. The minimum Gasteiger partial charge on any atom is -0.380 e. The van der Waals surface area contributed by atoms with Gasteiger partial charge in [-0.1, -0.05) is 39.0 Å². The lowest BCUT2D eigenvalue weighted by Gasteiger charge is -2.13. The Hall–Kier alpha value is -0.520. The molecule has 0 aliphatic carbocycles. The molecule has 0 aromatic heterocycles. The molecule has 13 heavy (non-hydrogen) atoms. The molecule has 0 aromatic carbocycles. The first-order valence-electron chi connectivity index (χ1n) is 5.13. The molecule has 76 valence electrons. The summed E-state index contributed by atoms with van der Waals surface area (Å²) in [6.07, 6.45) is 1.34. The van der Waals surface area contributed by atoms with Crippen LogP contribution in [-0.2, 0) is 0 Å². The van der Waals surface area contributed by atoms with Gasteiger partial charge in [-0.15, -0.1) is 0 Å². The molecule has 0 unspecified atom stereocenters. The van der Waals surface area contributed by atoms with Crippen LogP contribution in [-0.4, -0.2) is 35.7 Å². The molecule has 0 bridgehead atoms. The maximum absolute atomic E-state index is 9.32. The Kier molecular flexibility index (Phi) is 7.77. The molecule has 0 spiro atoms. The Morgan fingerprint density at radius 1 is 1.23 bits per heavy atom. The molecule has 0 heterocycles. The molecule has 2 heteroatoms. The molecule has 0 saturated carbocycles. The number of rotatable bonds is 5. The van der Waals surface area contributed by atoms with Crippen molar-refractivity contribution in [2.75, 3.05) is 19.6 Å². The predicted molar refractivity (Wildman–Crippen MR) is 56.5 cm³/mol. The van der Waals surface area contributed by atoms with Crippen molar-refractivity contribution in [3.8, 4) is 11.8 Å². The van der Waals surface area contributed by atoms with Crippen molar-refractivity contribution in [1.82, 2.24) is 4.90 Å². The molecule has 1 N–H and O–H groups in total. The smallest absolute Gasteiger partial charge is 0.114 e. The van der Waals surface area contributed by atoms with Crippen LogP contribution in [0, 0.1) is 11.8 Å². The van der Waals surface area contributed by atoms with E-state index >= 15 is 0 Å². The number of hydrogen-bond acceptors (Lipinski definition) is 2. The number of aliphatic hydroxyl groups is 1. The first-order valence-corrected chi connectivity index (χ1v) is 5.13. The highest BCUT2D eigenvalue weighted by atomic mass is 16.3. The third-order valence-electron chi connectivity index (χ3n) is 2.03. The van der Waals surface area contributed by atoms with Crippen molar-refractivity contribution < 1.29 is 5.11 Å². The molecule has 0 aliphatic heterocycles. The van der Waals surface area contributed by atoms with Gasteiger partial charge in [0.2, 0.25) is 0 Å². The lowest BCUT2D eigenvalue weighted by Crippen LogP contribution is -2.23. The van der Waals surface area contributed by atoms with Gasteiger partial charge >= 0.3 is 0 Å². The average Bonchev–Trinajstić information content (AvgIpc) is 2.13. The Morgan fingerprint density at radius 3 is 2.31 bits per heavy atom. The summed E-state index contributed by atoms with van der Waals surface area (Å²) < 4.78 is 0. The minimum absolute atomic E-state index is 0.430. The monoisotopic (exact) mass is 183 g/mol. The molecule has 0 aliphatic rings. The topological polar surface area (TPSA) is 23.5 Å². The molecule has 2 nitrogen and oxygen atoms in total. The third-order valence-corrected chi connectivity index (χ3v) is 2.03. The van der Waals surface area contributed by atoms with E-state index in [9.17, 15) is 5.11 Å². The maximum atomic E-state index is 9.32. The first kappa shape index (κ1) is 12.5. The van der Waals surface area contributed by atoms with Crippen LogP contribution in [0.15, 0.2) is 0 Å². The van der Waals surface area contributed by atoms with Crippen molar-refractivity contribution in [3.63, 3.8) is 0 Å². The maximum Gasteiger partial charge on any atom is 0.114 e. The van der Waals surface area contributed by atoms with E-state index in [-0.39, 0.29) is 0 Å². The Labute approximate surface area is 81.9 Å². The molecular formula is C11H21NO. The molecule has 0 amide bonds. The van der Waals surface area contributed by atoms with E-state index in [1.165, 1.54) is 0 Å². The zero-order chi connectivity index (χ0) is 10.1. The number of aliphatic hydroxyl groups excluding tert-OH is 1. The van der Waals surface area contributed by atoms with Crippen LogP contribution in [0.3, 0.4) is 0 Å². The van der Waals surface area contributed by atoms with Gasteiger partial charge in [0.1, 0.15) is 6.10 Å². The van der Waals surface area contributed by atoms with E-state index in [1.54, 1.807) is 0 Å². The van der Waals surface area contributed by atoms with Gasteiger partial charge in [0.05, 0.1) is 6.54 Å². The van der Waals surface area contributed by atoms with Crippen molar-refractivity contribution in [1.29, 1.82) is 0 Å². The van der Waals surface area contributed by atoms with Crippen LogP contribution in [0.5, 0.6) is 0 Å². The Morgan fingerprint density at radius 2 is 1.85 bits per heavy atom. The number of hydrogen-bond donors (Lipinski definition) is 1. The number of nitrogens with zero attached hydrogens (tertiary/aromatic N) is 1. The standard InChI is InChI=1S/C11H21NO/c1-4-8-11(13)9-7-10-12(5-2)6-3/h11,13H,4-6,8,10H2,1-3H3/t11-/m1/s1. The molecule has 0 saturated heterocycles. The van der Waals surface area contributed by atoms with E-state index in [2.05, 4.69) is 37.5 Å². The summed E-state index contributed by atoms with van der Waals surface area (Å²) in [6, 6.07) is 0. The quantitative estimate of drug-likeness (QED) is 0.653. The first-order chi connectivity index (χ1) is 6.24. The van der Waals surface area contributed by atoms with Crippen LogP contribution in [0.25, 0.3) is 0 Å². The fraction of sp³-hybridized carbons (Fsp3) is 0.818. The minimum atomic E-state index is -0.430. The lowest BCUT2D eigenvalue weighted by atomic mass is 10.2. The molecule has 0 rings (SSSR count). The summed E-state index contributed by atoms with van der Waals surface area (Å²) in [5, 5.41) is 9.32. The second-order valence-corrected chi connectivity index (χ2v) is 3.09. The van der Waals surface area contributed by atoms with E-state index < -0.39 is 6.10 Å². The van der Waals surface area contributed by atoms with E-state index in [4.69, 9.17) is 0 Å². The third kappa shape index (κ3) is 6.62. The fourth-order valence-corrected chi connectivity index (χ4v) is 1.07. The molecule has 0 aromatic rings. The average molecular weight is 183 g/mol. The van der Waals surface area contributed by atoms with Crippen molar-refractivity contribution in [2.45, 2.75) is 39.7 Å². The van der Waals surface area contributed by atoms with E-state index in [0.717, 1.165) is 32.5 Å². The van der Waals surface area contributed by atoms with Crippen LogP contribution in [0.1, 0.15) is 33.6 Å². The largest absolute Gasteiger partial charge is 0.380 e. The highest BCUT2D eigenvalue weighted by Gasteiger charge is 1.96. The Bertz CT molecular complexity index is 165. The van der Waals surface area contributed by atoms with Crippen molar-refractivity contribution >= 4 is 0 Å². The summed E-state index contributed by atoms with van der Waals surface area (Å²) in [4.78, 5) is 2.23. The molecular weight excluding hydrogens is 162 g/mol. The van der Waals surface area contributed by atoms with Crippen LogP contribution in [0.2, 0.25) is 0 Å². The van der Waals surface area contributed by atoms with Crippen LogP contribution < -0.4 is 0 Å². The molecule has 0 fully saturated rings. The zero-order valence-electron chi connectivity index (χ0n) is 9.01. The van der Waals surface area contributed by atoms with Gasteiger partial charge in [-0.05, 0) is 19.5 Å².